The van der Waals surface area contributed by atoms with E-state index in [0.29, 0.717) is 16.8 Å². The van der Waals surface area contributed by atoms with Crippen LogP contribution in [0, 0.1) is 18.3 Å². The number of nitriles is 1. The Balaban J connectivity index is 2.09. The average molecular weight is 415 g/mol. The number of hydrogen-bond donors (Lipinski definition) is 0. The summed E-state index contributed by atoms with van der Waals surface area (Å²) in [4.78, 5) is 13.5. The van der Waals surface area contributed by atoms with Crippen molar-refractivity contribution in [3.63, 3.8) is 0 Å². The number of halogens is 1. The third-order valence-electron chi connectivity index (χ3n) is 4.70. The van der Waals surface area contributed by atoms with Crippen LogP contribution in [0.25, 0.3) is 16.6 Å². The second-order valence-corrected chi connectivity index (χ2v) is 7.23. The van der Waals surface area contributed by atoms with Gasteiger partial charge in [-0.05, 0) is 42.3 Å². The van der Waals surface area contributed by atoms with Gasteiger partial charge in [0.2, 0.25) is 0 Å². The van der Waals surface area contributed by atoms with E-state index < -0.39 is 0 Å². The lowest BCUT2D eigenvalue weighted by atomic mass is 9.93. The smallest absolute Gasteiger partial charge is 0.196 e. The van der Waals surface area contributed by atoms with Crippen molar-refractivity contribution in [2.75, 3.05) is 0 Å². The van der Waals surface area contributed by atoms with Gasteiger partial charge in [-0.15, -0.1) is 0 Å². The van der Waals surface area contributed by atoms with Crippen molar-refractivity contribution in [2.24, 2.45) is 0 Å². The van der Waals surface area contributed by atoms with Gasteiger partial charge in [-0.3, -0.25) is 4.79 Å². The summed E-state index contributed by atoms with van der Waals surface area (Å²) in [6, 6.07) is 23.2. The average Bonchev–Trinajstić information content (AvgIpc) is 3.03. The molecule has 4 rings (SSSR count). The normalized spacial score (nSPS) is 10.7. The third-order valence-corrected chi connectivity index (χ3v) is 5.23. The minimum atomic E-state index is -0.133. The van der Waals surface area contributed by atoms with Gasteiger partial charge in [-0.25, -0.2) is 0 Å². The first-order valence-corrected chi connectivity index (χ1v) is 9.30. The first kappa shape index (κ1) is 17.3. The van der Waals surface area contributed by atoms with E-state index in [1.807, 2.05) is 79.9 Å². The molecule has 2 aromatic heterocycles. The predicted octanol–water partition coefficient (Wildman–Crippen LogP) is 5.78. The summed E-state index contributed by atoms with van der Waals surface area (Å²) in [6.07, 6.45) is 1.82. The van der Waals surface area contributed by atoms with Gasteiger partial charge >= 0.3 is 0 Å². The van der Waals surface area contributed by atoms with Crippen LogP contribution < -0.4 is 0 Å². The van der Waals surface area contributed by atoms with Crippen LogP contribution in [0.3, 0.4) is 0 Å². The summed E-state index contributed by atoms with van der Waals surface area (Å²) in [5.74, 6) is -0.133. The minimum absolute atomic E-state index is 0.133. The number of rotatable bonds is 3. The van der Waals surface area contributed by atoms with E-state index in [2.05, 4.69) is 22.0 Å². The number of nitrogens with zero attached hydrogens (tertiary/aromatic N) is 2. The second kappa shape index (κ2) is 6.86. The molecule has 0 saturated heterocycles. The van der Waals surface area contributed by atoms with E-state index in [1.54, 1.807) is 4.40 Å². The highest BCUT2D eigenvalue weighted by molar-refractivity contribution is 9.10. The van der Waals surface area contributed by atoms with E-state index >= 15 is 0 Å². The van der Waals surface area contributed by atoms with Crippen molar-refractivity contribution in [2.45, 2.75) is 6.92 Å². The fraction of sp³-hybridized carbons (Fsp3) is 0.0435. The predicted molar refractivity (Wildman–Crippen MR) is 110 cm³/mol. The number of hydrogen-bond acceptors (Lipinski definition) is 2. The fourth-order valence-electron chi connectivity index (χ4n) is 3.41. The summed E-state index contributed by atoms with van der Waals surface area (Å²) in [6.45, 7) is 1.91. The fourth-order valence-corrected chi connectivity index (χ4v) is 3.68. The Bertz CT molecular complexity index is 1210. The molecule has 0 atom stereocenters. The summed E-state index contributed by atoms with van der Waals surface area (Å²) < 4.78 is 2.75. The van der Waals surface area contributed by atoms with Gasteiger partial charge in [0.1, 0.15) is 11.8 Å². The number of pyridine rings is 1. The molecule has 0 bridgehead atoms. The van der Waals surface area contributed by atoms with Crippen LogP contribution in [0.2, 0.25) is 0 Å². The van der Waals surface area contributed by atoms with Gasteiger partial charge in [-0.2, -0.15) is 5.26 Å². The van der Waals surface area contributed by atoms with Gasteiger partial charge in [-0.1, -0.05) is 58.4 Å². The molecule has 0 saturated carbocycles. The van der Waals surface area contributed by atoms with E-state index in [9.17, 15) is 10.1 Å². The van der Waals surface area contributed by atoms with Crippen LogP contribution in [0.15, 0.2) is 77.4 Å². The van der Waals surface area contributed by atoms with E-state index in [4.69, 9.17) is 0 Å². The van der Waals surface area contributed by atoms with Crippen molar-refractivity contribution in [1.29, 1.82) is 5.26 Å². The largest absolute Gasteiger partial charge is 0.307 e. The Morgan fingerprint density at radius 2 is 1.70 bits per heavy atom. The highest BCUT2D eigenvalue weighted by Gasteiger charge is 2.26. The first-order chi connectivity index (χ1) is 13.1. The van der Waals surface area contributed by atoms with Crippen LogP contribution in [0.1, 0.15) is 27.2 Å². The second-order valence-electron chi connectivity index (χ2n) is 6.32. The maximum atomic E-state index is 13.5. The Morgan fingerprint density at radius 3 is 2.41 bits per heavy atom. The van der Waals surface area contributed by atoms with E-state index in [0.717, 1.165) is 26.7 Å². The Morgan fingerprint density at radius 1 is 1.00 bits per heavy atom. The third kappa shape index (κ3) is 2.87. The van der Waals surface area contributed by atoms with Crippen molar-refractivity contribution in [1.82, 2.24) is 4.40 Å². The van der Waals surface area contributed by atoms with Gasteiger partial charge in [0, 0.05) is 21.8 Å². The molecule has 130 valence electrons. The molecule has 27 heavy (non-hydrogen) atoms. The first-order valence-electron chi connectivity index (χ1n) is 8.51. The van der Waals surface area contributed by atoms with Crippen molar-refractivity contribution in [3.05, 3.63) is 99.8 Å². The number of aryl methyl sites for hydroxylation is 1. The highest BCUT2D eigenvalue weighted by Crippen LogP contribution is 2.35. The molecular weight excluding hydrogens is 400 g/mol. The zero-order chi connectivity index (χ0) is 19.0. The summed E-state index contributed by atoms with van der Waals surface area (Å²) >= 11 is 3.46. The number of fused-ring (bicyclic) bond motifs is 1. The number of benzene rings is 2. The van der Waals surface area contributed by atoms with E-state index in [1.165, 1.54) is 0 Å². The monoisotopic (exact) mass is 414 g/mol. The van der Waals surface area contributed by atoms with Crippen molar-refractivity contribution in [3.8, 4) is 17.2 Å². The van der Waals surface area contributed by atoms with Crippen molar-refractivity contribution >= 4 is 27.2 Å². The zero-order valence-corrected chi connectivity index (χ0v) is 16.2. The molecule has 2 heterocycles. The SMILES string of the molecule is Cc1ccccc1C(=O)c1c(-c2ccc(Br)cc2)c2ccccn2c1C#N. The van der Waals surface area contributed by atoms with Crippen LogP contribution in [0.4, 0.5) is 0 Å². The molecule has 3 nitrogen and oxygen atoms in total. The Labute approximate surface area is 165 Å². The molecule has 0 aliphatic heterocycles. The number of aromatic nitrogens is 1. The summed E-state index contributed by atoms with van der Waals surface area (Å²) in [7, 11) is 0. The number of carbonyl (C=O) groups is 1. The van der Waals surface area contributed by atoms with Gasteiger partial charge in [0.05, 0.1) is 11.1 Å². The lowest BCUT2D eigenvalue weighted by molar-refractivity contribution is 0.103. The molecule has 0 fully saturated rings. The lowest BCUT2D eigenvalue weighted by Gasteiger charge is -2.08. The molecule has 4 aromatic rings. The van der Waals surface area contributed by atoms with Gasteiger partial charge in [0.15, 0.2) is 5.78 Å². The summed E-state index contributed by atoms with van der Waals surface area (Å²) in [5, 5.41) is 9.86. The maximum Gasteiger partial charge on any atom is 0.196 e. The molecule has 0 radical (unpaired) electrons. The van der Waals surface area contributed by atoms with Crippen LogP contribution in [-0.4, -0.2) is 10.2 Å². The molecule has 0 aliphatic rings. The molecule has 0 spiro atoms. The minimum Gasteiger partial charge on any atom is -0.307 e. The standard InChI is InChI=1S/C23H15BrN2O/c1-15-6-2-3-7-18(15)23(27)22-20(14-25)26-13-5-4-8-19(26)21(22)16-9-11-17(24)12-10-16/h2-13H,1H3. The van der Waals surface area contributed by atoms with Crippen LogP contribution >= 0.6 is 15.9 Å². The molecule has 0 N–H and O–H groups in total. The van der Waals surface area contributed by atoms with Crippen LogP contribution in [-0.2, 0) is 0 Å². The number of ketones is 1. The summed E-state index contributed by atoms with van der Waals surface area (Å²) in [5.41, 5.74) is 4.84. The highest BCUT2D eigenvalue weighted by atomic mass is 79.9. The molecular formula is C23H15BrN2O. The maximum absolute atomic E-state index is 13.5. The quantitative estimate of drug-likeness (QED) is 0.398. The molecule has 4 heteroatoms. The number of carbonyl (C=O) groups excluding carboxylic acids is 1. The van der Waals surface area contributed by atoms with Crippen LogP contribution in [0.5, 0.6) is 0 Å². The molecule has 0 aliphatic carbocycles. The molecule has 0 unspecified atom stereocenters. The topological polar surface area (TPSA) is 45.3 Å². The van der Waals surface area contributed by atoms with E-state index in [-0.39, 0.29) is 5.78 Å². The molecule has 2 aromatic carbocycles. The Hall–Kier alpha value is -3.16. The lowest BCUT2D eigenvalue weighted by Crippen LogP contribution is -2.06. The Kier molecular flexibility index (Phi) is 4.39. The van der Waals surface area contributed by atoms with Gasteiger partial charge < -0.3 is 4.40 Å². The van der Waals surface area contributed by atoms with Gasteiger partial charge in [0.25, 0.3) is 0 Å². The zero-order valence-electron chi connectivity index (χ0n) is 14.6. The van der Waals surface area contributed by atoms with Crippen molar-refractivity contribution < 1.29 is 4.79 Å². The molecule has 0 amide bonds.